The van der Waals surface area contributed by atoms with Gasteiger partial charge in [-0.05, 0) is 48.9 Å². The van der Waals surface area contributed by atoms with Crippen LogP contribution in [0.15, 0.2) is 107 Å². The number of rotatable bonds is 7. The quantitative estimate of drug-likeness (QED) is 0.200. The summed E-state index contributed by atoms with van der Waals surface area (Å²) < 4.78 is 2.26. The van der Waals surface area contributed by atoms with Gasteiger partial charge in [-0.3, -0.25) is 14.4 Å². The molecule has 3 N–H and O–H groups in total. The van der Waals surface area contributed by atoms with E-state index in [-0.39, 0.29) is 5.69 Å². The molecule has 41 heavy (non-hydrogen) atoms. The molecule has 0 saturated carbocycles. The number of nitrogens with one attached hydrogen (secondary N) is 3. The number of para-hydroxylation sites is 1. The van der Waals surface area contributed by atoms with Crippen molar-refractivity contribution in [3.63, 3.8) is 0 Å². The average Bonchev–Trinajstić information content (AvgIpc) is 3.33. The fraction of sp³-hybridized carbons (Fsp3) is 0.0938. The molecule has 1 atom stereocenters. The van der Waals surface area contributed by atoms with Gasteiger partial charge in [0.25, 0.3) is 17.4 Å². The standard InChI is InChI=1S/C32H26N6O3/c1-2-38-26-15-9-8-12-22(26)25-18-20(16-17-27(25)38)19-33-36-32(41)29(34-30(39)21-10-4-3-5-11-21)28-23-13-6-7-14-24(23)31(40)37-35-28/h3-19,29H,2H2,1H3,(H,34,39)(H,36,41)(H,37,40). The van der Waals surface area contributed by atoms with Crippen molar-refractivity contribution in [3.8, 4) is 0 Å². The Morgan fingerprint density at radius 3 is 2.34 bits per heavy atom. The molecule has 0 bridgehead atoms. The molecule has 1 unspecified atom stereocenters. The van der Waals surface area contributed by atoms with Crippen molar-refractivity contribution in [1.29, 1.82) is 0 Å². The van der Waals surface area contributed by atoms with Gasteiger partial charge in [0.15, 0.2) is 6.04 Å². The van der Waals surface area contributed by atoms with E-state index in [1.165, 1.54) is 0 Å². The number of carbonyl (C=O) groups is 2. The van der Waals surface area contributed by atoms with Gasteiger partial charge in [-0.15, -0.1) is 0 Å². The normalized spacial score (nSPS) is 12.2. The Bertz CT molecular complexity index is 2010. The lowest BCUT2D eigenvalue weighted by Crippen LogP contribution is -2.40. The van der Waals surface area contributed by atoms with Crippen molar-refractivity contribution < 1.29 is 9.59 Å². The SMILES string of the molecule is CCn1c2ccccc2c2cc(C=NNC(=O)C(NC(=O)c3ccccc3)c3n[nH]c(=O)c4ccccc34)ccc21. The molecule has 2 aromatic heterocycles. The van der Waals surface area contributed by atoms with Gasteiger partial charge >= 0.3 is 0 Å². The van der Waals surface area contributed by atoms with Crippen LogP contribution in [0.1, 0.15) is 34.6 Å². The largest absolute Gasteiger partial charge is 0.341 e. The summed E-state index contributed by atoms with van der Waals surface area (Å²) in [6.45, 7) is 2.96. The van der Waals surface area contributed by atoms with E-state index in [9.17, 15) is 14.4 Å². The molecule has 0 aliphatic rings. The van der Waals surface area contributed by atoms with E-state index in [1.54, 1.807) is 60.8 Å². The highest BCUT2D eigenvalue weighted by molar-refractivity contribution is 6.09. The lowest BCUT2D eigenvalue weighted by Gasteiger charge is -2.18. The number of hydrogen-bond donors (Lipinski definition) is 3. The van der Waals surface area contributed by atoms with E-state index in [4.69, 9.17) is 0 Å². The number of fused-ring (bicyclic) bond motifs is 4. The summed E-state index contributed by atoms with van der Waals surface area (Å²) in [5, 5.41) is 16.6. The highest BCUT2D eigenvalue weighted by atomic mass is 16.2. The third kappa shape index (κ3) is 4.85. The molecule has 9 nitrogen and oxygen atoms in total. The fourth-order valence-corrected chi connectivity index (χ4v) is 5.15. The van der Waals surface area contributed by atoms with Crippen molar-refractivity contribution in [3.05, 3.63) is 124 Å². The van der Waals surface area contributed by atoms with Gasteiger partial charge in [-0.25, -0.2) is 10.5 Å². The number of aromatic nitrogens is 3. The Morgan fingerprint density at radius 1 is 0.878 bits per heavy atom. The number of carbonyl (C=O) groups excluding carboxylic acids is 2. The number of benzene rings is 4. The minimum absolute atomic E-state index is 0.200. The van der Waals surface area contributed by atoms with E-state index in [1.807, 2.05) is 30.3 Å². The average molecular weight is 543 g/mol. The highest BCUT2D eigenvalue weighted by Crippen LogP contribution is 2.29. The number of aromatic amines is 1. The molecule has 0 spiro atoms. The zero-order valence-corrected chi connectivity index (χ0v) is 22.2. The van der Waals surface area contributed by atoms with Crippen LogP contribution in [0.25, 0.3) is 32.6 Å². The molecular formula is C32H26N6O3. The Balaban J connectivity index is 1.32. The first kappa shape index (κ1) is 25.7. The Labute approximate surface area is 234 Å². The van der Waals surface area contributed by atoms with Crippen LogP contribution in [0, 0.1) is 0 Å². The van der Waals surface area contributed by atoms with Crippen LogP contribution in [0.3, 0.4) is 0 Å². The topological polar surface area (TPSA) is 121 Å². The fourth-order valence-electron chi connectivity index (χ4n) is 5.15. The maximum atomic E-state index is 13.5. The Hall–Kier alpha value is -5.57. The van der Waals surface area contributed by atoms with E-state index < -0.39 is 23.4 Å². The Morgan fingerprint density at radius 2 is 1.56 bits per heavy atom. The second kappa shape index (κ2) is 10.9. The van der Waals surface area contributed by atoms with Crippen LogP contribution < -0.4 is 16.3 Å². The van der Waals surface area contributed by atoms with Crippen molar-refractivity contribution in [2.75, 3.05) is 0 Å². The summed E-state index contributed by atoms with van der Waals surface area (Å²) in [4.78, 5) is 38.9. The summed E-state index contributed by atoms with van der Waals surface area (Å²) in [6.07, 6.45) is 1.56. The molecule has 0 saturated heterocycles. The molecule has 0 radical (unpaired) electrons. The minimum Gasteiger partial charge on any atom is -0.341 e. The lowest BCUT2D eigenvalue weighted by atomic mass is 10.0. The first-order valence-corrected chi connectivity index (χ1v) is 13.2. The highest BCUT2D eigenvalue weighted by Gasteiger charge is 2.27. The van der Waals surface area contributed by atoms with Crippen LogP contribution in [-0.4, -0.2) is 32.8 Å². The number of H-pyrrole nitrogens is 1. The maximum Gasteiger partial charge on any atom is 0.272 e. The van der Waals surface area contributed by atoms with Gasteiger partial charge in [0, 0.05) is 39.3 Å². The zero-order valence-electron chi connectivity index (χ0n) is 22.2. The predicted molar refractivity (Wildman–Crippen MR) is 160 cm³/mol. The smallest absolute Gasteiger partial charge is 0.272 e. The van der Waals surface area contributed by atoms with Crippen LogP contribution in [0.5, 0.6) is 0 Å². The summed E-state index contributed by atoms with van der Waals surface area (Å²) in [7, 11) is 0. The van der Waals surface area contributed by atoms with Gasteiger partial charge in [-0.1, -0.05) is 60.7 Å². The van der Waals surface area contributed by atoms with Crippen LogP contribution >= 0.6 is 0 Å². The summed E-state index contributed by atoms with van der Waals surface area (Å²) >= 11 is 0. The van der Waals surface area contributed by atoms with Crippen LogP contribution in [0.4, 0.5) is 0 Å². The lowest BCUT2D eigenvalue weighted by molar-refractivity contribution is -0.123. The number of nitrogens with zero attached hydrogens (tertiary/aromatic N) is 3. The monoisotopic (exact) mass is 542 g/mol. The third-order valence-corrected chi connectivity index (χ3v) is 7.07. The second-order valence-electron chi connectivity index (χ2n) is 9.53. The molecule has 2 heterocycles. The molecule has 202 valence electrons. The van der Waals surface area contributed by atoms with Crippen molar-refractivity contribution >= 4 is 50.6 Å². The number of hydrazone groups is 1. The van der Waals surface area contributed by atoms with Gasteiger partial charge in [-0.2, -0.15) is 10.2 Å². The third-order valence-electron chi connectivity index (χ3n) is 7.07. The molecule has 6 aromatic rings. The van der Waals surface area contributed by atoms with Crippen LogP contribution in [-0.2, 0) is 11.3 Å². The van der Waals surface area contributed by atoms with Crippen molar-refractivity contribution in [2.24, 2.45) is 5.10 Å². The van der Waals surface area contributed by atoms with Crippen molar-refractivity contribution in [2.45, 2.75) is 19.5 Å². The number of hydrogen-bond acceptors (Lipinski definition) is 5. The first-order chi connectivity index (χ1) is 20.0. The number of aryl methyl sites for hydroxylation is 1. The number of amides is 2. The van der Waals surface area contributed by atoms with E-state index in [0.29, 0.717) is 16.3 Å². The predicted octanol–water partition coefficient (Wildman–Crippen LogP) is 4.67. The van der Waals surface area contributed by atoms with Gasteiger partial charge in [0.05, 0.1) is 11.6 Å². The summed E-state index contributed by atoms with van der Waals surface area (Å²) in [5.74, 6) is -1.08. The first-order valence-electron chi connectivity index (χ1n) is 13.2. The van der Waals surface area contributed by atoms with E-state index in [0.717, 1.165) is 33.9 Å². The molecule has 0 fully saturated rings. The molecule has 0 aliphatic heterocycles. The summed E-state index contributed by atoms with van der Waals surface area (Å²) in [5.41, 5.74) is 5.81. The molecule has 9 heteroatoms. The zero-order chi connectivity index (χ0) is 28.3. The van der Waals surface area contributed by atoms with Crippen molar-refractivity contribution in [1.82, 2.24) is 25.5 Å². The van der Waals surface area contributed by atoms with Gasteiger partial charge < -0.3 is 9.88 Å². The van der Waals surface area contributed by atoms with E-state index in [2.05, 4.69) is 49.7 Å². The van der Waals surface area contributed by atoms with Gasteiger partial charge in [0.2, 0.25) is 0 Å². The minimum atomic E-state index is -1.23. The molecular weight excluding hydrogens is 516 g/mol. The van der Waals surface area contributed by atoms with E-state index >= 15 is 0 Å². The second-order valence-corrected chi connectivity index (χ2v) is 9.53. The van der Waals surface area contributed by atoms with Gasteiger partial charge in [0.1, 0.15) is 5.69 Å². The molecule has 6 rings (SSSR count). The molecule has 0 aliphatic carbocycles. The summed E-state index contributed by atoms with van der Waals surface area (Å²) in [6, 6.07) is 28.4. The Kier molecular flexibility index (Phi) is 6.83. The maximum absolute atomic E-state index is 13.5. The molecule has 2 amide bonds. The van der Waals surface area contributed by atoms with Crippen LogP contribution in [0.2, 0.25) is 0 Å². The molecule has 4 aromatic carbocycles.